The van der Waals surface area contributed by atoms with Crippen LogP contribution in [0.3, 0.4) is 0 Å². The molecule has 0 saturated carbocycles. The second-order valence-electron chi connectivity index (χ2n) is 3.81. The van der Waals surface area contributed by atoms with Crippen LogP contribution in [-0.4, -0.2) is 16.6 Å². The van der Waals surface area contributed by atoms with Gasteiger partial charge in [-0.05, 0) is 35.4 Å². The van der Waals surface area contributed by atoms with E-state index >= 15 is 0 Å². The highest BCUT2D eigenvalue weighted by molar-refractivity contribution is 5.68. The van der Waals surface area contributed by atoms with Crippen LogP contribution in [0.5, 0.6) is 17.2 Å². The Hall–Kier alpha value is -2.37. The summed E-state index contributed by atoms with van der Waals surface area (Å²) in [5.74, 6) is -0.734. The Morgan fingerprint density at radius 3 is 2.05 bits per heavy atom. The molecule has 6 heteroatoms. The minimum Gasteiger partial charge on any atom is -0.508 e. The van der Waals surface area contributed by atoms with Gasteiger partial charge in [0.1, 0.15) is 17.2 Å². The minimum absolute atomic E-state index is 0.183. The average molecular weight is 270 g/mol. The molecule has 0 fully saturated rings. The van der Waals surface area contributed by atoms with E-state index in [-0.39, 0.29) is 17.2 Å². The SMILES string of the molecule is Oc1cc(O)cc(-c2cccc(OC(F)(F)F)c2)c1. The molecule has 0 spiro atoms. The van der Waals surface area contributed by atoms with Crippen LogP contribution in [0.15, 0.2) is 42.5 Å². The van der Waals surface area contributed by atoms with Crippen molar-refractivity contribution >= 4 is 0 Å². The van der Waals surface area contributed by atoms with Crippen molar-refractivity contribution in [2.24, 2.45) is 0 Å². The Kier molecular flexibility index (Phi) is 3.25. The van der Waals surface area contributed by atoms with Crippen LogP contribution in [0.1, 0.15) is 0 Å². The maximum Gasteiger partial charge on any atom is 0.573 e. The maximum atomic E-state index is 12.1. The molecule has 2 aromatic carbocycles. The molecule has 0 aromatic heterocycles. The molecule has 2 aromatic rings. The number of benzene rings is 2. The van der Waals surface area contributed by atoms with Crippen LogP contribution in [-0.2, 0) is 0 Å². The van der Waals surface area contributed by atoms with Crippen molar-refractivity contribution in [3.8, 4) is 28.4 Å². The lowest BCUT2D eigenvalue weighted by atomic mass is 10.0. The van der Waals surface area contributed by atoms with Crippen LogP contribution in [0.25, 0.3) is 11.1 Å². The van der Waals surface area contributed by atoms with Crippen LogP contribution >= 0.6 is 0 Å². The van der Waals surface area contributed by atoms with Gasteiger partial charge in [0.25, 0.3) is 0 Å². The number of hydrogen-bond acceptors (Lipinski definition) is 3. The van der Waals surface area contributed by atoms with Gasteiger partial charge in [-0.25, -0.2) is 0 Å². The first-order valence-corrected chi connectivity index (χ1v) is 5.23. The number of alkyl halides is 3. The maximum absolute atomic E-state index is 12.1. The largest absolute Gasteiger partial charge is 0.573 e. The zero-order valence-corrected chi connectivity index (χ0v) is 9.48. The third-order valence-corrected chi connectivity index (χ3v) is 2.30. The Morgan fingerprint density at radius 2 is 1.47 bits per heavy atom. The van der Waals surface area contributed by atoms with Crippen molar-refractivity contribution in [3.05, 3.63) is 42.5 Å². The number of rotatable bonds is 2. The second-order valence-corrected chi connectivity index (χ2v) is 3.81. The van der Waals surface area contributed by atoms with E-state index in [1.54, 1.807) is 0 Å². The van der Waals surface area contributed by atoms with Crippen molar-refractivity contribution in [3.63, 3.8) is 0 Å². The van der Waals surface area contributed by atoms with Crippen LogP contribution in [0.2, 0.25) is 0 Å². The molecule has 0 saturated heterocycles. The minimum atomic E-state index is -4.76. The number of phenolic OH excluding ortho intramolecular Hbond substituents is 2. The highest BCUT2D eigenvalue weighted by Crippen LogP contribution is 2.31. The predicted molar refractivity (Wildman–Crippen MR) is 61.9 cm³/mol. The summed E-state index contributed by atoms with van der Waals surface area (Å²) in [6.45, 7) is 0. The van der Waals surface area contributed by atoms with Gasteiger partial charge in [-0.2, -0.15) is 0 Å². The van der Waals surface area contributed by atoms with Gasteiger partial charge < -0.3 is 14.9 Å². The first kappa shape index (κ1) is 13.1. The lowest BCUT2D eigenvalue weighted by molar-refractivity contribution is -0.274. The van der Waals surface area contributed by atoms with Gasteiger partial charge in [0.05, 0.1) is 0 Å². The van der Waals surface area contributed by atoms with Crippen LogP contribution < -0.4 is 4.74 Å². The second kappa shape index (κ2) is 4.72. The van der Waals surface area contributed by atoms with Gasteiger partial charge in [0.2, 0.25) is 0 Å². The van der Waals surface area contributed by atoms with Crippen molar-refractivity contribution in [2.75, 3.05) is 0 Å². The monoisotopic (exact) mass is 270 g/mol. The fraction of sp³-hybridized carbons (Fsp3) is 0.0769. The highest BCUT2D eigenvalue weighted by Gasteiger charge is 2.31. The molecule has 0 unspecified atom stereocenters. The predicted octanol–water partition coefficient (Wildman–Crippen LogP) is 3.66. The molecule has 3 nitrogen and oxygen atoms in total. The Labute approximate surface area is 106 Å². The van der Waals surface area contributed by atoms with Crippen molar-refractivity contribution < 1.29 is 28.1 Å². The Balaban J connectivity index is 2.37. The summed E-state index contributed by atoms with van der Waals surface area (Å²) in [7, 11) is 0. The third-order valence-electron chi connectivity index (χ3n) is 2.30. The number of ether oxygens (including phenoxy) is 1. The third kappa shape index (κ3) is 3.54. The van der Waals surface area contributed by atoms with Crippen molar-refractivity contribution in [2.45, 2.75) is 6.36 Å². The molecule has 2 N–H and O–H groups in total. The van der Waals surface area contributed by atoms with E-state index in [1.165, 1.54) is 36.4 Å². The molecule has 0 bridgehead atoms. The molecule has 0 aliphatic heterocycles. The molecule has 0 aliphatic carbocycles. The molecule has 19 heavy (non-hydrogen) atoms. The summed E-state index contributed by atoms with van der Waals surface area (Å²) in [5, 5.41) is 18.7. The van der Waals surface area contributed by atoms with Gasteiger partial charge in [0.15, 0.2) is 0 Å². The van der Waals surface area contributed by atoms with Crippen molar-refractivity contribution in [1.82, 2.24) is 0 Å². The summed E-state index contributed by atoms with van der Waals surface area (Å²) in [6.07, 6.45) is -4.76. The van der Waals surface area contributed by atoms with E-state index < -0.39 is 6.36 Å². The zero-order chi connectivity index (χ0) is 14.0. The molecule has 0 aliphatic rings. The Morgan fingerprint density at radius 1 is 0.842 bits per heavy atom. The van der Waals surface area contributed by atoms with Crippen LogP contribution in [0, 0.1) is 0 Å². The van der Waals surface area contributed by atoms with Gasteiger partial charge >= 0.3 is 6.36 Å². The lowest BCUT2D eigenvalue weighted by Gasteiger charge is -2.10. The highest BCUT2D eigenvalue weighted by atomic mass is 19.4. The van der Waals surface area contributed by atoms with E-state index in [9.17, 15) is 23.4 Å². The van der Waals surface area contributed by atoms with Gasteiger partial charge in [-0.15, -0.1) is 13.2 Å². The molecule has 0 atom stereocenters. The van der Waals surface area contributed by atoms with Gasteiger partial charge in [-0.1, -0.05) is 12.1 Å². The summed E-state index contributed by atoms with van der Waals surface area (Å²) in [6, 6.07) is 9.04. The quantitative estimate of drug-likeness (QED) is 0.875. The number of halogens is 3. The number of hydrogen-bond donors (Lipinski definition) is 2. The summed E-state index contributed by atoms with van der Waals surface area (Å²) < 4.78 is 40.1. The normalized spacial score (nSPS) is 11.3. The van der Waals surface area contributed by atoms with E-state index in [2.05, 4.69) is 4.74 Å². The van der Waals surface area contributed by atoms with E-state index in [0.717, 1.165) is 6.07 Å². The summed E-state index contributed by atoms with van der Waals surface area (Å²) in [4.78, 5) is 0. The van der Waals surface area contributed by atoms with E-state index in [4.69, 9.17) is 0 Å². The zero-order valence-electron chi connectivity index (χ0n) is 9.48. The van der Waals surface area contributed by atoms with Crippen LogP contribution in [0.4, 0.5) is 13.2 Å². The van der Waals surface area contributed by atoms with E-state index in [0.29, 0.717) is 11.1 Å². The van der Waals surface area contributed by atoms with Gasteiger partial charge in [0, 0.05) is 6.07 Å². The Bertz CT molecular complexity index is 574. The molecular formula is C13H9F3O3. The average Bonchev–Trinajstić information content (AvgIpc) is 2.25. The lowest BCUT2D eigenvalue weighted by Crippen LogP contribution is -2.17. The fourth-order valence-electron chi connectivity index (χ4n) is 1.63. The number of phenols is 2. The summed E-state index contributed by atoms with van der Waals surface area (Å²) >= 11 is 0. The first-order valence-electron chi connectivity index (χ1n) is 5.23. The summed E-state index contributed by atoms with van der Waals surface area (Å²) in [5.41, 5.74) is 0.762. The van der Waals surface area contributed by atoms with Gasteiger partial charge in [-0.3, -0.25) is 0 Å². The molecular weight excluding hydrogens is 261 g/mol. The standard InChI is InChI=1S/C13H9F3O3/c14-13(15,16)19-12-3-1-2-8(6-12)9-4-10(17)7-11(18)5-9/h1-7,17-18H. The molecule has 0 amide bonds. The fourth-order valence-corrected chi connectivity index (χ4v) is 1.63. The van der Waals surface area contributed by atoms with E-state index in [1.807, 2.05) is 0 Å². The number of aromatic hydroxyl groups is 2. The molecule has 0 heterocycles. The topological polar surface area (TPSA) is 49.7 Å². The molecule has 100 valence electrons. The molecule has 0 radical (unpaired) electrons. The first-order chi connectivity index (χ1) is 8.83. The molecule has 2 rings (SSSR count). The van der Waals surface area contributed by atoms with Crippen molar-refractivity contribution in [1.29, 1.82) is 0 Å². The smallest absolute Gasteiger partial charge is 0.508 e.